The highest BCUT2D eigenvalue weighted by atomic mass is 32.2. The zero-order valence-corrected chi connectivity index (χ0v) is 20.0. The molecule has 1 N–H and O–H groups in total. The van der Waals surface area contributed by atoms with E-state index >= 15 is 0 Å². The number of aromatic nitrogens is 3. The molecule has 3 rings (SSSR count). The van der Waals surface area contributed by atoms with Gasteiger partial charge >= 0.3 is 0 Å². The molecule has 7 heteroatoms. The maximum absolute atomic E-state index is 13.1. The van der Waals surface area contributed by atoms with Gasteiger partial charge in [0.05, 0.1) is 10.6 Å². The fourth-order valence-corrected chi connectivity index (χ4v) is 6.02. The summed E-state index contributed by atoms with van der Waals surface area (Å²) in [6.07, 6.45) is 8.92. The van der Waals surface area contributed by atoms with Crippen molar-refractivity contribution in [2.24, 2.45) is 5.92 Å². The number of benzene rings is 1. The molecule has 30 heavy (non-hydrogen) atoms. The van der Waals surface area contributed by atoms with E-state index in [2.05, 4.69) is 14.8 Å². The summed E-state index contributed by atoms with van der Waals surface area (Å²) in [5.74, 6) is 1.60. The molecule has 1 saturated carbocycles. The van der Waals surface area contributed by atoms with E-state index in [0.29, 0.717) is 10.8 Å². The van der Waals surface area contributed by atoms with Crippen LogP contribution >= 0.6 is 0 Å². The highest BCUT2D eigenvalue weighted by Gasteiger charge is 2.29. The molecule has 1 fully saturated rings. The van der Waals surface area contributed by atoms with Crippen molar-refractivity contribution in [3.63, 3.8) is 0 Å². The molecule has 1 aromatic carbocycles. The van der Waals surface area contributed by atoms with Crippen LogP contribution in [-0.4, -0.2) is 28.7 Å². The van der Waals surface area contributed by atoms with Gasteiger partial charge in [0.2, 0.25) is 10.0 Å². The van der Waals surface area contributed by atoms with E-state index in [4.69, 9.17) is 0 Å². The van der Waals surface area contributed by atoms with Crippen LogP contribution in [0.25, 0.3) is 5.69 Å². The Morgan fingerprint density at radius 3 is 2.33 bits per heavy atom. The Kier molecular flexibility index (Phi) is 6.44. The van der Waals surface area contributed by atoms with Crippen molar-refractivity contribution in [1.82, 2.24) is 19.5 Å². The molecule has 2 aromatic rings. The SMILES string of the molecule is CC(C)(C)NS(=O)(=O)c1ccc(-n2ncnc2CC2CCCCC2)cc1C(C)(C)C. The van der Waals surface area contributed by atoms with Gasteiger partial charge in [-0.1, -0.05) is 52.9 Å². The van der Waals surface area contributed by atoms with E-state index in [9.17, 15) is 8.42 Å². The van der Waals surface area contributed by atoms with Gasteiger partial charge in [0.25, 0.3) is 0 Å². The first-order valence-electron chi connectivity index (χ1n) is 10.9. The molecule has 0 amide bonds. The highest BCUT2D eigenvalue weighted by Crippen LogP contribution is 2.32. The van der Waals surface area contributed by atoms with Crippen molar-refractivity contribution in [3.05, 3.63) is 35.9 Å². The molecule has 6 nitrogen and oxygen atoms in total. The summed E-state index contributed by atoms with van der Waals surface area (Å²) in [6, 6.07) is 5.50. The van der Waals surface area contributed by atoms with Crippen molar-refractivity contribution < 1.29 is 8.42 Å². The predicted molar refractivity (Wildman–Crippen MR) is 120 cm³/mol. The lowest BCUT2D eigenvalue weighted by atomic mass is 9.86. The van der Waals surface area contributed by atoms with Crippen LogP contribution in [0.1, 0.15) is 85.0 Å². The number of rotatable bonds is 5. The molecule has 0 atom stereocenters. The quantitative estimate of drug-likeness (QED) is 0.739. The van der Waals surface area contributed by atoms with Gasteiger partial charge < -0.3 is 0 Å². The minimum atomic E-state index is -3.65. The molecule has 1 aliphatic carbocycles. The van der Waals surface area contributed by atoms with Crippen LogP contribution < -0.4 is 4.72 Å². The molecule has 0 bridgehead atoms. The average Bonchev–Trinajstić information content (AvgIpc) is 3.07. The van der Waals surface area contributed by atoms with Crippen molar-refractivity contribution in [2.75, 3.05) is 0 Å². The van der Waals surface area contributed by atoms with Crippen LogP contribution in [0.4, 0.5) is 0 Å². The zero-order chi connectivity index (χ0) is 22.2. The Morgan fingerprint density at radius 1 is 1.07 bits per heavy atom. The molecule has 0 radical (unpaired) electrons. The molecule has 0 spiro atoms. The average molecular weight is 433 g/mol. The van der Waals surface area contributed by atoms with E-state index in [1.54, 1.807) is 12.4 Å². The monoisotopic (exact) mass is 432 g/mol. The van der Waals surface area contributed by atoms with Gasteiger partial charge in [-0.3, -0.25) is 0 Å². The van der Waals surface area contributed by atoms with E-state index in [1.165, 1.54) is 32.1 Å². The smallest absolute Gasteiger partial charge is 0.220 e. The summed E-state index contributed by atoms with van der Waals surface area (Å²) in [5, 5.41) is 4.47. The summed E-state index contributed by atoms with van der Waals surface area (Å²) in [5.41, 5.74) is 0.738. The molecule has 1 heterocycles. The van der Waals surface area contributed by atoms with E-state index in [1.807, 2.05) is 58.4 Å². The molecule has 0 aliphatic heterocycles. The molecule has 1 aromatic heterocycles. The third-order valence-corrected chi connectivity index (χ3v) is 7.38. The van der Waals surface area contributed by atoms with Crippen LogP contribution in [0.2, 0.25) is 0 Å². The van der Waals surface area contributed by atoms with Crippen LogP contribution in [0.5, 0.6) is 0 Å². The second kappa shape index (κ2) is 8.42. The van der Waals surface area contributed by atoms with Gasteiger partial charge in [-0.15, -0.1) is 0 Å². The third kappa shape index (κ3) is 5.49. The summed E-state index contributed by atoms with van der Waals surface area (Å²) >= 11 is 0. The van der Waals surface area contributed by atoms with E-state index in [-0.39, 0.29) is 5.41 Å². The van der Waals surface area contributed by atoms with Gasteiger partial charge in [-0.05, 0) is 55.9 Å². The Balaban J connectivity index is 2.00. The van der Waals surface area contributed by atoms with Crippen molar-refractivity contribution in [2.45, 2.75) is 95.9 Å². The summed E-state index contributed by atoms with van der Waals surface area (Å²) in [4.78, 5) is 4.84. The second-order valence-corrected chi connectivity index (χ2v) is 12.2. The Labute approximate surface area is 181 Å². The minimum absolute atomic E-state index is 0.322. The largest absolute Gasteiger partial charge is 0.241 e. The fraction of sp³-hybridized carbons (Fsp3) is 0.652. The maximum Gasteiger partial charge on any atom is 0.241 e. The Hall–Kier alpha value is -1.73. The van der Waals surface area contributed by atoms with Crippen LogP contribution in [-0.2, 0) is 21.9 Å². The molecular formula is C23H36N4O2S. The van der Waals surface area contributed by atoms with Crippen molar-refractivity contribution in [3.8, 4) is 5.69 Å². The Bertz CT molecular complexity index is 975. The van der Waals surface area contributed by atoms with Crippen LogP contribution in [0.3, 0.4) is 0 Å². The standard InChI is InChI=1S/C23H36N4O2S/c1-22(2,3)19-15-18(12-13-20(19)30(28,29)26-23(4,5)6)27-21(24-16-25-27)14-17-10-8-7-9-11-17/h12-13,15-17,26H,7-11,14H2,1-6H3. The summed E-state index contributed by atoms with van der Waals surface area (Å²) < 4.78 is 30.8. The molecule has 1 aliphatic rings. The maximum atomic E-state index is 13.1. The van der Waals surface area contributed by atoms with Gasteiger partial charge in [-0.25, -0.2) is 22.8 Å². The van der Waals surface area contributed by atoms with Crippen molar-refractivity contribution >= 4 is 10.0 Å². The first kappa shape index (κ1) is 22.9. The first-order chi connectivity index (χ1) is 13.9. The van der Waals surface area contributed by atoms with Gasteiger partial charge in [0.1, 0.15) is 12.2 Å². The second-order valence-electron chi connectivity index (χ2n) is 10.6. The summed E-state index contributed by atoms with van der Waals surface area (Å²) in [7, 11) is -3.65. The van der Waals surface area contributed by atoms with Gasteiger partial charge in [0.15, 0.2) is 0 Å². The summed E-state index contributed by atoms with van der Waals surface area (Å²) in [6.45, 7) is 11.7. The van der Waals surface area contributed by atoms with Crippen LogP contribution in [0.15, 0.2) is 29.4 Å². The topological polar surface area (TPSA) is 76.9 Å². The fourth-order valence-electron chi connectivity index (χ4n) is 4.20. The number of hydrogen-bond donors (Lipinski definition) is 1. The molecular weight excluding hydrogens is 396 g/mol. The number of nitrogens with one attached hydrogen (secondary N) is 1. The zero-order valence-electron chi connectivity index (χ0n) is 19.2. The normalized spacial score (nSPS) is 16.7. The number of hydrogen-bond acceptors (Lipinski definition) is 4. The number of nitrogens with zero attached hydrogens (tertiary/aromatic N) is 3. The molecule has 0 unspecified atom stereocenters. The minimum Gasteiger partial charge on any atom is -0.220 e. The molecule has 166 valence electrons. The molecule has 0 saturated heterocycles. The van der Waals surface area contributed by atoms with Crippen LogP contribution in [0, 0.1) is 5.92 Å². The van der Waals surface area contributed by atoms with Gasteiger partial charge in [0, 0.05) is 12.0 Å². The van der Waals surface area contributed by atoms with Crippen molar-refractivity contribution in [1.29, 1.82) is 0 Å². The predicted octanol–water partition coefficient (Wildman–Crippen LogP) is 4.76. The number of sulfonamides is 1. The lowest BCUT2D eigenvalue weighted by Crippen LogP contribution is -2.41. The lowest BCUT2D eigenvalue weighted by molar-refractivity contribution is 0.349. The van der Waals surface area contributed by atoms with E-state index in [0.717, 1.165) is 23.5 Å². The van der Waals surface area contributed by atoms with Gasteiger partial charge in [-0.2, -0.15) is 5.10 Å². The highest BCUT2D eigenvalue weighted by molar-refractivity contribution is 7.89. The third-order valence-electron chi connectivity index (χ3n) is 5.56. The first-order valence-corrected chi connectivity index (χ1v) is 12.4. The Morgan fingerprint density at radius 2 is 1.73 bits per heavy atom. The lowest BCUT2D eigenvalue weighted by Gasteiger charge is -2.27. The van der Waals surface area contributed by atoms with E-state index < -0.39 is 15.6 Å².